The highest BCUT2D eigenvalue weighted by Gasteiger charge is 2.36. The molecule has 2 rings (SSSR count). The smallest absolute Gasteiger partial charge is 0.326 e. The molecule has 6 amide bonds. The van der Waals surface area contributed by atoms with Crippen molar-refractivity contribution in [2.45, 2.75) is 110 Å². The molecule has 0 aliphatic rings. The molecule has 2 aromatic carbocycles. The first-order valence-corrected chi connectivity index (χ1v) is 19.0. The molecule has 2 aromatic rings. The number of carbonyl (C=O) groups is 8. The topological polar surface area (TPSA) is 295 Å². The summed E-state index contributed by atoms with van der Waals surface area (Å²) < 4.78 is 0. The summed E-state index contributed by atoms with van der Waals surface area (Å²) in [5.41, 5.74) is 7.51. The number of aliphatic carboxylic acids is 2. The fourth-order valence-corrected chi connectivity index (χ4v) is 5.70. The summed E-state index contributed by atoms with van der Waals surface area (Å²) in [5, 5.41) is 43.5. The number of rotatable bonds is 23. The van der Waals surface area contributed by atoms with E-state index < -0.39 is 108 Å². The fraction of sp³-hybridized carbons (Fsp3) is 0.500. The van der Waals surface area contributed by atoms with Gasteiger partial charge in [0.1, 0.15) is 36.0 Å². The molecule has 0 saturated carbocycles. The number of nitrogens with one attached hydrogen (secondary N) is 6. The van der Waals surface area contributed by atoms with Gasteiger partial charge in [-0.3, -0.25) is 33.6 Å². The van der Waals surface area contributed by atoms with Crippen molar-refractivity contribution in [2.75, 3.05) is 0 Å². The predicted molar refractivity (Wildman–Crippen MR) is 211 cm³/mol. The molecule has 58 heavy (non-hydrogen) atoms. The van der Waals surface area contributed by atoms with E-state index >= 15 is 0 Å². The van der Waals surface area contributed by atoms with Crippen LogP contribution >= 0.6 is 0 Å². The number of aromatic hydroxyl groups is 1. The van der Waals surface area contributed by atoms with Crippen LogP contribution in [-0.2, 0) is 51.3 Å². The zero-order valence-electron chi connectivity index (χ0n) is 33.6. The summed E-state index contributed by atoms with van der Waals surface area (Å²) in [6.45, 7) is 10.0. The van der Waals surface area contributed by atoms with Crippen LogP contribution in [0.2, 0.25) is 0 Å². The summed E-state index contributed by atoms with van der Waals surface area (Å²) in [7, 11) is 0. The molecule has 0 spiro atoms. The average molecular weight is 812 g/mol. The summed E-state index contributed by atoms with van der Waals surface area (Å²) in [6, 6.07) is 6.42. The van der Waals surface area contributed by atoms with E-state index in [-0.39, 0.29) is 31.1 Å². The van der Waals surface area contributed by atoms with E-state index in [1.165, 1.54) is 12.1 Å². The first kappa shape index (κ1) is 48.1. The van der Waals surface area contributed by atoms with Gasteiger partial charge in [0.15, 0.2) is 0 Å². The fourth-order valence-electron chi connectivity index (χ4n) is 5.70. The molecule has 318 valence electrons. The van der Waals surface area contributed by atoms with Gasteiger partial charge >= 0.3 is 11.9 Å². The number of carbonyl (C=O) groups excluding carboxylic acids is 6. The Bertz CT molecular complexity index is 1740. The van der Waals surface area contributed by atoms with Gasteiger partial charge in [-0.05, 0) is 53.9 Å². The van der Waals surface area contributed by atoms with Crippen LogP contribution in [0.4, 0.5) is 0 Å². The number of phenolic OH excluding ortho intramolecular Hbond substituents is 1. The minimum atomic E-state index is -1.80. The van der Waals surface area contributed by atoms with Crippen LogP contribution in [0.25, 0.3) is 0 Å². The van der Waals surface area contributed by atoms with Crippen molar-refractivity contribution < 1.29 is 53.7 Å². The number of nitrogens with two attached hydrogens (primary N) is 1. The molecule has 0 bridgehead atoms. The molecule has 0 aliphatic carbocycles. The molecule has 0 fully saturated rings. The van der Waals surface area contributed by atoms with Crippen molar-refractivity contribution in [1.29, 1.82) is 0 Å². The maximum absolute atomic E-state index is 13.9. The van der Waals surface area contributed by atoms with E-state index in [0.29, 0.717) is 5.56 Å². The Labute approximate surface area is 337 Å². The Hall–Kier alpha value is -6.04. The third-order valence-corrected chi connectivity index (χ3v) is 8.91. The van der Waals surface area contributed by atoms with Crippen molar-refractivity contribution in [1.82, 2.24) is 31.9 Å². The molecule has 0 unspecified atom stereocenters. The molecule has 0 aromatic heterocycles. The van der Waals surface area contributed by atoms with E-state index in [1.54, 1.807) is 84.0 Å². The molecule has 0 heterocycles. The van der Waals surface area contributed by atoms with Crippen molar-refractivity contribution in [3.05, 3.63) is 65.7 Å². The van der Waals surface area contributed by atoms with Crippen molar-refractivity contribution in [2.24, 2.45) is 23.5 Å². The van der Waals surface area contributed by atoms with Crippen molar-refractivity contribution >= 4 is 47.4 Å². The van der Waals surface area contributed by atoms with E-state index in [2.05, 4.69) is 31.9 Å². The number of phenols is 1. The monoisotopic (exact) mass is 811 g/mol. The molecular weight excluding hydrogens is 754 g/mol. The van der Waals surface area contributed by atoms with Gasteiger partial charge in [-0.1, -0.05) is 84.0 Å². The zero-order chi connectivity index (χ0) is 43.7. The van der Waals surface area contributed by atoms with Gasteiger partial charge in [-0.15, -0.1) is 0 Å². The maximum Gasteiger partial charge on any atom is 0.326 e. The second kappa shape index (κ2) is 23.3. The van der Waals surface area contributed by atoms with E-state index in [9.17, 15) is 53.7 Å². The summed E-state index contributed by atoms with van der Waals surface area (Å²) >= 11 is 0. The molecule has 6 atom stereocenters. The zero-order valence-corrected chi connectivity index (χ0v) is 33.6. The lowest BCUT2D eigenvalue weighted by atomic mass is 9.98. The average Bonchev–Trinajstić information content (AvgIpc) is 3.14. The molecule has 0 aliphatic heterocycles. The minimum Gasteiger partial charge on any atom is -0.508 e. The maximum atomic E-state index is 13.9. The Kier molecular flexibility index (Phi) is 19.3. The van der Waals surface area contributed by atoms with E-state index in [0.717, 1.165) is 5.56 Å². The number of amides is 6. The van der Waals surface area contributed by atoms with Crippen molar-refractivity contribution in [3.8, 4) is 5.75 Å². The van der Waals surface area contributed by atoms with Gasteiger partial charge < -0.3 is 53.0 Å². The number of carboxylic acid groups (broad SMARTS) is 2. The van der Waals surface area contributed by atoms with Gasteiger partial charge in [-0.25, -0.2) is 4.79 Å². The number of hydrogen-bond donors (Lipinski definition) is 10. The lowest BCUT2D eigenvalue weighted by Crippen LogP contribution is -2.61. The van der Waals surface area contributed by atoms with Crippen LogP contribution in [0.5, 0.6) is 5.75 Å². The number of carboxylic acids is 2. The van der Waals surface area contributed by atoms with Gasteiger partial charge in [0, 0.05) is 6.54 Å². The highest BCUT2D eigenvalue weighted by molar-refractivity contribution is 5.98. The van der Waals surface area contributed by atoms with Crippen LogP contribution in [0.3, 0.4) is 0 Å². The van der Waals surface area contributed by atoms with E-state index in [1.807, 2.05) is 0 Å². The molecule has 18 nitrogen and oxygen atoms in total. The summed E-state index contributed by atoms with van der Waals surface area (Å²) in [5.74, 6) is -9.37. The summed E-state index contributed by atoms with van der Waals surface area (Å²) in [4.78, 5) is 104. The van der Waals surface area contributed by atoms with Crippen LogP contribution in [0.15, 0.2) is 54.6 Å². The molecule has 0 radical (unpaired) electrons. The lowest BCUT2D eigenvalue weighted by Gasteiger charge is -2.29. The Morgan fingerprint density at radius 1 is 0.586 bits per heavy atom. The molecule has 11 N–H and O–H groups in total. The lowest BCUT2D eigenvalue weighted by molar-refractivity contribution is -0.144. The SMILES string of the molecule is CC(C)C[C@H](NC(=O)[C@H](CC(=O)O)NC(=O)[C@H](CC(=O)NCc1ccccc1)NC(=O)[C@@H](NC(=O)[C@@H](NC(=O)[C@@H](N)Cc1ccc(O)cc1)C(C)C)C(C)C)C(=O)O. The van der Waals surface area contributed by atoms with Gasteiger partial charge in [-0.2, -0.15) is 0 Å². The van der Waals surface area contributed by atoms with E-state index in [4.69, 9.17) is 5.73 Å². The Balaban J connectivity index is 2.32. The molecule has 18 heteroatoms. The van der Waals surface area contributed by atoms with Gasteiger partial charge in [0.25, 0.3) is 0 Å². The Morgan fingerprint density at radius 3 is 1.57 bits per heavy atom. The quantitative estimate of drug-likeness (QED) is 0.0726. The van der Waals surface area contributed by atoms with Crippen LogP contribution in [0.1, 0.15) is 71.9 Å². The van der Waals surface area contributed by atoms with Gasteiger partial charge in [0.05, 0.1) is 18.9 Å². The van der Waals surface area contributed by atoms with Crippen LogP contribution in [-0.4, -0.2) is 99.0 Å². The van der Waals surface area contributed by atoms with Crippen molar-refractivity contribution in [3.63, 3.8) is 0 Å². The van der Waals surface area contributed by atoms with Gasteiger partial charge in [0.2, 0.25) is 35.4 Å². The van der Waals surface area contributed by atoms with Crippen LogP contribution in [0, 0.1) is 17.8 Å². The first-order valence-electron chi connectivity index (χ1n) is 19.0. The number of benzene rings is 2. The summed E-state index contributed by atoms with van der Waals surface area (Å²) in [6.07, 6.45) is -1.53. The molecule has 0 saturated heterocycles. The highest BCUT2D eigenvalue weighted by atomic mass is 16.4. The first-order chi connectivity index (χ1) is 27.2. The third-order valence-electron chi connectivity index (χ3n) is 8.91. The minimum absolute atomic E-state index is 0.00530. The predicted octanol–water partition coefficient (Wildman–Crippen LogP) is 0.310. The standard InChI is InChI=1S/C40H57N7O11/c1-21(2)16-30(40(57)58)45-37(54)29(19-32(50)51)43-36(53)28(18-31(49)42-20-25-10-8-7-9-11-25)44-38(55)33(22(3)4)47-39(56)34(23(5)6)46-35(52)27(41)17-24-12-14-26(48)15-13-24/h7-15,21-23,27-30,33-34,48H,16-20,41H2,1-6H3,(H,42,49)(H,43,53)(H,44,55)(H,45,54)(H,46,52)(H,47,56)(H,50,51)(H,57,58)/t27-,28-,29-,30-,33-,34-/m0/s1. The normalized spacial score (nSPS) is 14.2. The highest BCUT2D eigenvalue weighted by Crippen LogP contribution is 2.13. The number of hydrogen-bond acceptors (Lipinski definition) is 10. The second-order valence-corrected chi connectivity index (χ2v) is 15.2. The largest absolute Gasteiger partial charge is 0.508 e. The second-order valence-electron chi connectivity index (χ2n) is 15.2. The van der Waals surface area contributed by atoms with Crippen LogP contribution < -0.4 is 37.6 Å². The Morgan fingerprint density at radius 2 is 1.07 bits per heavy atom. The third kappa shape index (κ3) is 16.6. The molecular formula is C40H57N7O11.